The highest BCUT2D eigenvalue weighted by Gasteiger charge is 2.29. The Hall–Kier alpha value is -0.980. The fraction of sp³-hybridized carbons (Fsp3) is 0.455. The van der Waals surface area contributed by atoms with Crippen LogP contribution in [0, 0.1) is 12.7 Å². The van der Waals surface area contributed by atoms with Crippen LogP contribution in [0.5, 0.6) is 0 Å². The molecule has 1 aromatic rings. The topological polar surface area (TPSA) is 55.4 Å². The minimum atomic E-state index is -3.50. The van der Waals surface area contributed by atoms with Crippen molar-refractivity contribution >= 4 is 9.84 Å². The highest BCUT2D eigenvalue weighted by molar-refractivity contribution is 7.92. The van der Waals surface area contributed by atoms with Crippen molar-refractivity contribution in [3.63, 3.8) is 0 Å². The zero-order chi connectivity index (χ0) is 12.5. The van der Waals surface area contributed by atoms with Gasteiger partial charge in [-0.3, -0.25) is 5.32 Å². The Bertz CT molecular complexity index is 509. The molecule has 0 aliphatic carbocycles. The van der Waals surface area contributed by atoms with Gasteiger partial charge in [0.25, 0.3) is 0 Å². The Morgan fingerprint density at radius 2 is 2.24 bits per heavy atom. The Morgan fingerprint density at radius 3 is 2.82 bits per heavy atom. The van der Waals surface area contributed by atoms with Crippen LogP contribution in [-0.4, -0.2) is 33.6 Å². The van der Waals surface area contributed by atoms with Crippen molar-refractivity contribution < 1.29 is 17.5 Å². The molecule has 0 aromatic heterocycles. The van der Waals surface area contributed by atoms with E-state index in [2.05, 4.69) is 5.32 Å². The van der Waals surface area contributed by atoms with E-state index in [1.54, 1.807) is 6.92 Å². The number of nitrogens with one attached hydrogen (secondary N) is 1. The lowest BCUT2D eigenvalue weighted by atomic mass is 10.2. The van der Waals surface area contributed by atoms with Crippen molar-refractivity contribution in [3.05, 3.63) is 29.6 Å². The number of ether oxygens (including phenoxy) is 1. The molecule has 94 valence electrons. The molecule has 0 spiro atoms. The Kier molecular flexibility index (Phi) is 3.46. The molecule has 0 bridgehead atoms. The van der Waals surface area contributed by atoms with Crippen LogP contribution in [0.4, 0.5) is 4.39 Å². The summed E-state index contributed by atoms with van der Waals surface area (Å²) in [6.45, 7) is 2.68. The standard InChI is InChI=1S/C11H14FNO3S/c1-8-6-9(2-3-10(8)12)17(14,15)11-7-16-5-4-13-11/h2-3,6,11,13H,4-5,7H2,1H3. The minimum Gasteiger partial charge on any atom is -0.377 e. The number of benzene rings is 1. The predicted molar refractivity (Wildman–Crippen MR) is 60.9 cm³/mol. The van der Waals surface area contributed by atoms with E-state index < -0.39 is 21.0 Å². The largest absolute Gasteiger partial charge is 0.377 e. The molecule has 17 heavy (non-hydrogen) atoms. The summed E-state index contributed by atoms with van der Waals surface area (Å²) in [6, 6.07) is 3.81. The van der Waals surface area contributed by atoms with Crippen LogP contribution >= 0.6 is 0 Å². The molecule has 1 N–H and O–H groups in total. The van der Waals surface area contributed by atoms with Gasteiger partial charge in [-0.2, -0.15) is 0 Å². The van der Waals surface area contributed by atoms with Gasteiger partial charge in [0.15, 0.2) is 9.84 Å². The normalized spacial score (nSPS) is 21.4. The quantitative estimate of drug-likeness (QED) is 0.800. The van der Waals surface area contributed by atoms with Gasteiger partial charge >= 0.3 is 0 Å². The zero-order valence-corrected chi connectivity index (χ0v) is 10.3. The molecular formula is C11H14FNO3S. The van der Waals surface area contributed by atoms with Crippen molar-refractivity contribution in [3.8, 4) is 0 Å². The molecule has 1 heterocycles. The minimum absolute atomic E-state index is 0.124. The van der Waals surface area contributed by atoms with Gasteiger partial charge in [0, 0.05) is 6.54 Å². The maximum absolute atomic E-state index is 13.1. The number of sulfone groups is 1. The van der Waals surface area contributed by atoms with Gasteiger partial charge in [-0.25, -0.2) is 12.8 Å². The average Bonchev–Trinajstić information content (AvgIpc) is 2.33. The molecule has 4 nitrogen and oxygen atoms in total. The second-order valence-electron chi connectivity index (χ2n) is 3.97. The number of hydrogen-bond donors (Lipinski definition) is 1. The lowest BCUT2D eigenvalue weighted by molar-refractivity contribution is 0.0978. The summed E-state index contributed by atoms with van der Waals surface area (Å²) in [5, 5.41) is 2.14. The summed E-state index contributed by atoms with van der Waals surface area (Å²) < 4.78 is 42.6. The maximum atomic E-state index is 13.1. The highest BCUT2D eigenvalue weighted by atomic mass is 32.2. The summed E-state index contributed by atoms with van der Waals surface area (Å²) in [7, 11) is -3.50. The Balaban J connectivity index is 2.33. The van der Waals surface area contributed by atoms with Gasteiger partial charge in [0.05, 0.1) is 18.1 Å². The zero-order valence-electron chi connectivity index (χ0n) is 9.44. The predicted octanol–water partition coefficient (Wildman–Crippen LogP) is 0.854. The molecule has 1 saturated heterocycles. The van der Waals surface area contributed by atoms with Crippen LogP contribution < -0.4 is 5.32 Å². The molecule has 1 aliphatic heterocycles. The van der Waals surface area contributed by atoms with Crippen LogP contribution in [0.2, 0.25) is 0 Å². The van der Waals surface area contributed by atoms with Gasteiger partial charge in [0.2, 0.25) is 0 Å². The lowest BCUT2D eigenvalue weighted by Gasteiger charge is -2.23. The van der Waals surface area contributed by atoms with E-state index in [9.17, 15) is 12.8 Å². The highest BCUT2D eigenvalue weighted by Crippen LogP contribution is 2.19. The number of halogens is 1. The van der Waals surface area contributed by atoms with E-state index in [-0.39, 0.29) is 11.5 Å². The fourth-order valence-corrected chi connectivity index (χ4v) is 3.24. The van der Waals surface area contributed by atoms with E-state index >= 15 is 0 Å². The van der Waals surface area contributed by atoms with Crippen molar-refractivity contribution in [2.75, 3.05) is 19.8 Å². The molecule has 0 amide bonds. The van der Waals surface area contributed by atoms with Crippen LogP contribution in [0.3, 0.4) is 0 Å². The van der Waals surface area contributed by atoms with Crippen molar-refractivity contribution in [1.29, 1.82) is 0 Å². The van der Waals surface area contributed by atoms with Crippen LogP contribution in [-0.2, 0) is 14.6 Å². The number of morpholine rings is 1. The molecule has 0 saturated carbocycles. The van der Waals surface area contributed by atoms with E-state index in [1.807, 2.05) is 0 Å². The summed E-state index contributed by atoms with van der Waals surface area (Å²) in [4.78, 5) is 0.124. The van der Waals surface area contributed by atoms with Crippen LogP contribution in [0.1, 0.15) is 5.56 Å². The molecule has 2 rings (SSSR count). The monoisotopic (exact) mass is 259 g/mol. The Morgan fingerprint density at radius 1 is 1.47 bits per heavy atom. The molecule has 1 unspecified atom stereocenters. The molecule has 1 atom stereocenters. The van der Waals surface area contributed by atoms with E-state index in [0.717, 1.165) is 0 Å². The fourth-order valence-electron chi connectivity index (χ4n) is 1.70. The SMILES string of the molecule is Cc1cc(S(=O)(=O)C2COCCN2)ccc1F. The van der Waals surface area contributed by atoms with Crippen molar-refractivity contribution in [1.82, 2.24) is 5.32 Å². The lowest BCUT2D eigenvalue weighted by Crippen LogP contribution is -2.46. The molecule has 1 fully saturated rings. The second kappa shape index (κ2) is 4.72. The van der Waals surface area contributed by atoms with Crippen LogP contribution in [0.25, 0.3) is 0 Å². The van der Waals surface area contributed by atoms with Gasteiger partial charge < -0.3 is 4.74 Å². The van der Waals surface area contributed by atoms with E-state index in [1.165, 1.54) is 18.2 Å². The summed E-state index contributed by atoms with van der Waals surface area (Å²) in [5.41, 5.74) is 0.322. The van der Waals surface area contributed by atoms with Gasteiger partial charge in [0.1, 0.15) is 11.2 Å². The molecule has 0 radical (unpaired) electrons. The first-order valence-electron chi connectivity index (χ1n) is 5.33. The summed E-state index contributed by atoms with van der Waals surface area (Å²) in [5.74, 6) is -0.406. The van der Waals surface area contributed by atoms with Gasteiger partial charge in [-0.05, 0) is 30.7 Å². The summed E-state index contributed by atoms with van der Waals surface area (Å²) >= 11 is 0. The molecule has 1 aromatic carbocycles. The van der Waals surface area contributed by atoms with Crippen molar-refractivity contribution in [2.24, 2.45) is 0 Å². The first kappa shape index (κ1) is 12.5. The smallest absolute Gasteiger partial charge is 0.196 e. The number of rotatable bonds is 2. The van der Waals surface area contributed by atoms with E-state index in [0.29, 0.717) is 18.7 Å². The first-order chi connectivity index (χ1) is 8.01. The third kappa shape index (κ3) is 2.48. The number of hydrogen-bond acceptors (Lipinski definition) is 4. The first-order valence-corrected chi connectivity index (χ1v) is 6.87. The van der Waals surface area contributed by atoms with Gasteiger partial charge in [-0.1, -0.05) is 0 Å². The third-order valence-electron chi connectivity index (χ3n) is 2.72. The molecule has 1 aliphatic rings. The Labute approximate surface area is 99.7 Å². The third-order valence-corrected chi connectivity index (χ3v) is 4.68. The maximum Gasteiger partial charge on any atom is 0.196 e. The average molecular weight is 259 g/mol. The molecular weight excluding hydrogens is 245 g/mol. The molecule has 6 heteroatoms. The van der Waals surface area contributed by atoms with E-state index in [4.69, 9.17) is 4.74 Å². The number of aryl methyl sites for hydroxylation is 1. The van der Waals surface area contributed by atoms with Crippen molar-refractivity contribution in [2.45, 2.75) is 17.2 Å². The van der Waals surface area contributed by atoms with Gasteiger partial charge in [-0.15, -0.1) is 0 Å². The van der Waals surface area contributed by atoms with Crippen LogP contribution in [0.15, 0.2) is 23.1 Å². The second-order valence-corrected chi connectivity index (χ2v) is 6.10. The summed E-state index contributed by atoms with van der Waals surface area (Å²) in [6.07, 6.45) is 0.